The molecule has 0 aliphatic heterocycles. The number of rotatable bonds is 25. The topological polar surface area (TPSA) is 153 Å². The van der Waals surface area contributed by atoms with Crippen molar-refractivity contribution < 1.29 is 82.3 Å². The van der Waals surface area contributed by atoms with Crippen LogP contribution in [-0.2, 0) is 27.0 Å². The van der Waals surface area contributed by atoms with Crippen LogP contribution in [0.5, 0.6) is 23.0 Å². The summed E-state index contributed by atoms with van der Waals surface area (Å²) in [6, 6.07) is 22.7. The lowest BCUT2D eigenvalue weighted by Gasteiger charge is -2.18. The summed E-state index contributed by atoms with van der Waals surface area (Å²) in [4.78, 5) is 25.5. The molecule has 0 atom stereocenters. The minimum Gasteiger partial charge on any atom is -0.494 e. The van der Waals surface area contributed by atoms with Crippen LogP contribution in [0, 0.1) is 11.6 Å². The predicted molar refractivity (Wildman–Crippen MR) is 244 cm³/mol. The van der Waals surface area contributed by atoms with E-state index < -0.39 is 72.8 Å². The van der Waals surface area contributed by atoms with Gasteiger partial charge in [-0.25, -0.2) is 14.0 Å². The number of nitrogen functional groups attached to an aromatic ring is 2. The minimum absolute atomic E-state index is 0.0163. The van der Waals surface area contributed by atoms with Crippen molar-refractivity contribution in [2.75, 3.05) is 31.3 Å². The number of carboxylic acids is 1. The van der Waals surface area contributed by atoms with Crippen molar-refractivity contribution in [3.05, 3.63) is 149 Å². The summed E-state index contributed by atoms with van der Waals surface area (Å²) in [5.74, 6) is -4.97. The van der Waals surface area contributed by atoms with E-state index in [-0.39, 0.29) is 109 Å². The number of unbranched alkanes of at least 4 members (excludes halogenated alkanes) is 2. The number of carbonyl (C=O) groups excluding carboxylic acids is 1. The number of allylic oxidation sites excluding steroid dienone is 1. The number of ether oxygens (including phenoxy) is 5. The smallest absolute Gasteiger partial charge is 0.426 e. The number of esters is 1. The molecule has 5 aromatic rings. The Balaban J connectivity index is 1.16. The Kier molecular flexibility index (Phi) is 19.2. The van der Waals surface area contributed by atoms with Crippen LogP contribution in [0.25, 0.3) is 17.2 Å². The standard InChI is InChI=1S/C51H48F10N2O8/c52-46-34(12-23-43(47(46)53)68-28-4-2-26-50(57,58)59)31-70-38-18-10-33(11-19-38)40(45(48(65)66)41-22-15-36(62)30-42(41)63)6-5-29-69-44(64)24-9-32-7-16-39(17-8-32)71-51(60,61)35-13-20-37(21-14-35)67-27-3-1-25-49(54,55)56/h7-24,30H,1-6,25-29,31,62-63H2,(H,65,66)/b24-9+,45-40+. The quantitative estimate of drug-likeness (QED) is 0.0129. The van der Waals surface area contributed by atoms with Crippen LogP contribution in [-0.4, -0.2) is 49.2 Å². The first kappa shape index (κ1) is 54.6. The highest BCUT2D eigenvalue weighted by Gasteiger charge is 2.35. The van der Waals surface area contributed by atoms with Crippen LogP contribution in [0.3, 0.4) is 0 Å². The number of carboxylic acid groups (broad SMARTS) is 1. The molecule has 0 amide bonds. The number of hydrogen-bond donors (Lipinski definition) is 3. The number of anilines is 2. The normalized spacial score (nSPS) is 12.4. The maximum Gasteiger partial charge on any atom is 0.426 e. The van der Waals surface area contributed by atoms with Gasteiger partial charge in [-0.1, -0.05) is 24.3 Å². The molecule has 0 aromatic heterocycles. The fourth-order valence-corrected chi connectivity index (χ4v) is 6.80. The van der Waals surface area contributed by atoms with Crippen molar-refractivity contribution in [3.8, 4) is 23.0 Å². The molecule has 0 fully saturated rings. The zero-order valence-corrected chi connectivity index (χ0v) is 37.7. The fraction of sp³-hybridized carbons (Fsp3) is 0.294. The average Bonchev–Trinajstić information content (AvgIpc) is 3.30. The summed E-state index contributed by atoms with van der Waals surface area (Å²) in [5.41, 5.74) is 12.8. The number of aliphatic carboxylic acids is 1. The summed E-state index contributed by atoms with van der Waals surface area (Å²) in [5, 5.41) is 10.4. The van der Waals surface area contributed by atoms with E-state index >= 15 is 0 Å². The number of halogens is 10. The summed E-state index contributed by atoms with van der Waals surface area (Å²) in [7, 11) is 0. The number of alkyl halides is 8. The van der Waals surface area contributed by atoms with Crippen molar-refractivity contribution in [1.29, 1.82) is 0 Å². The van der Waals surface area contributed by atoms with Crippen molar-refractivity contribution in [1.82, 2.24) is 0 Å². The van der Waals surface area contributed by atoms with E-state index in [9.17, 15) is 58.6 Å². The molecule has 5 N–H and O–H groups in total. The fourth-order valence-electron chi connectivity index (χ4n) is 6.80. The minimum atomic E-state index is -4.34. The van der Waals surface area contributed by atoms with Gasteiger partial charge in [-0.3, -0.25) is 0 Å². The van der Waals surface area contributed by atoms with Gasteiger partial charge >= 0.3 is 30.4 Å². The highest BCUT2D eigenvalue weighted by Crippen LogP contribution is 2.36. The maximum atomic E-state index is 14.9. The largest absolute Gasteiger partial charge is 0.494 e. The average molecular weight is 1010 g/mol. The Bertz CT molecular complexity index is 2620. The molecule has 0 saturated heterocycles. The van der Waals surface area contributed by atoms with E-state index in [2.05, 4.69) is 0 Å². The Morgan fingerprint density at radius 2 is 1.21 bits per heavy atom. The number of hydrogen-bond acceptors (Lipinski definition) is 9. The van der Waals surface area contributed by atoms with Gasteiger partial charge in [-0.05, 0) is 140 Å². The zero-order chi connectivity index (χ0) is 51.8. The molecule has 380 valence electrons. The van der Waals surface area contributed by atoms with Gasteiger partial charge in [0.25, 0.3) is 0 Å². The van der Waals surface area contributed by atoms with Gasteiger partial charge in [-0.15, -0.1) is 0 Å². The van der Waals surface area contributed by atoms with E-state index in [0.717, 1.165) is 24.3 Å². The second kappa shape index (κ2) is 25.0. The van der Waals surface area contributed by atoms with Gasteiger partial charge in [0.15, 0.2) is 11.6 Å². The van der Waals surface area contributed by atoms with Crippen molar-refractivity contribution in [2.24, 2.45) is 0 Å². The predicted octanol–water partition coefficient (Wildman–Crippen LogP) is 13.1. The lowest BCUT2D eigenvalue weighted by Crippen LogP contribution is -2.21. The molecule has 5 rings (SSSR count). The van der Waals surface area contributed by atoms with E-state index in [4.69, 9.17) is 35.2 Å². The van der Waals surface area contributed by atoms with Gasteiger partial charge in [0, 0.05) is 41.4 Å². The number of carbonyl (C=O) groups is 2. The summed E-state index contributed by atoms with van der Waals surface area (Å²) < 4.78 is 160. The van der Waals surface area contributed by atoms with Gasteiger partial charge < -0.3 is 40.3 Å². The monoisotopic (exact) mass is 1010 g/mol. The van der Waals surface area contributed by atoms with Crippen LogP contribution in [0.4, 0.5) is 55.3 Å². The van der Waals surface area contributed by atoms with Crippen LogP contribution < -0.4 is 30.4 Å². The molecule has 0 spiro atoms. The SMILES string of the molecule is Nc1ccc(/C(C(=O)O)=C(/CCCOC(=O)/C=C/c2ccc(OC(F)(F)c3ccc(OCCCCC(F)(F)F)cc3)cc2)c2ccc(OCc3ccc(OCCCCC(F)(F)F)c(F)c3F)cc2)c(N)c1. The van der Waals surface area contributed by atoms with Gasteiger partial charge in [0.05, 0.1) is 31.0 Å². The number of benzene rings is 5. The van der Waals surface area contributed by atoms with Gasteiger partial charge in [0.1, 0.15) is 23.9 Å². The third-order valence-corrected chi connectivity index (χ3v) is 10.4. The summed E-state index contributed by atoms with van der Waals surface area (Å²) >= 11 is 0. The van der Waals surface area contributed by atoms with E-state index in [1.807, 2.05) is 0 Å². The van der Waals surface area contributed by atoms with Crippen molar-refractivity contribution in [2.45, 2.75) is 76.4 Å². The molecule has 0 saturated carbocycles. The third kappa shape index (κ3) is 17.5. The lowest BCUT2D eigenvalue weighted by molar-refractivity contribution is -0.185. The molecule has 20 heteroatoms. The highest BCUT2D eigenvalue weighted by molar-refractivity contribution is 6.25. The second-order valence-electron chi connectivity index (χ2n) is 15.8. The molecule has 0 heterocycles. The third-order valence-electron chi connectivity index (χ3n) is 10.4. The second-order valence-corrected chi connectivity index (χ2v) is 15.8. The Labute approximate surface area is 401 Å². The highest BCUT2D eigenvalue weighted by atomic mass is 19.4. The first-order valence-electron chi connectivity index (χ1n) is 21.9. The first-order valence-corrected chi connectivity index (χ1v) is 21.9. The van der Waals surface area contributed by atoms with Gasteiger partial charge in [-0.2, -0.15) is 39.5 Å². The van der Waals surface area contributed by atoms with E-state index in [1.165, 1.54) is 91.0 Å². The molecular formula is C51H48F10N2O8. The van der Waals surface area contributed by atoms with E-state index in [0.29, 0.717) is 11.1 Å². The molecule has 71 heavy (non-hydrogen) atoms. The summed E-state index contributed by atoms with van der Waals surface area (Å²) in [6.07, 6.45) is -11.9. The molecule has 5 aromatic carbocycles. The Morgan fingerprint density at radius 3 is 1.82 bits per heavy atom. The molecule has 0 aliphatic carbocycles. The van der Waals surface area contributed by atoms with Crippen molar-refractivity contribution in [3.63, 3.8) is 0 Å². The van der Waals surface area contributed by atoms with Crippen LogP contribution >= 0.6 is 0 Å². The maximum absolute atomic E-state index is 14.9. The van der Waals surface area contributed by atoms with Crippen LogP contribution in [0.1, 0.15) is 79.2 Å². The molecule has 0 bridgehead atoms. The summed E-state index contributed by atoms with van der Waals surface area (Å²) in [6.45, 7) is -0.868. The molecule has 0 radical (unpaired) electrons. The molecule has 0 aliphatic rings. The first-order chi connectivity index (χ1) is 33.6. The van der Waals surface area contributed by atoms with Crippen molar-refractivity contribution >= 4 is 40.5 Å². The lowest BCUT2D eigenvalue weighted by atomic mass is 9.90. The van der Waals surface area contributed by atoms with Crippen LogP contribution in [0.15, 0.2) is 109 Å². The van der Waals surface area contributed by atoms with Gasteiger partial charge in [0.2, 0.25) is 5.82 Å². The Morgan fingerprint density at radius 1 is 0.620 bits per heavy atom. The van der Waals surface area contributed by atoms with E-state index in [1.54, 1.807) is 0 Å². The number of nitrogens with two attached hydrogens (primary N) is 2. The molecular weight excluding hydrogens is 959 g/mol. The molecule has 0 unspecified atom stereocenters. The Hall–Kier alpha value is -7.38. The zero-order valence-electron chi connectivity index (χ0n) is 37.7. The molecule has 10 nitrogen and oxygen atoms in total. The van der Waals surface area contributed by atoms with Crippen LogP contribution in [0.2, 0.25) is 0 Å².